The van der Waals surface area contributed by atoms with Gasteiger partial charge in [0, 0.05) is 11.6 Å². The predicted octanol–water partition coefficient (Wildman–Crippen LogP) is 2.85. The molecule has 0 bridgehead atoms. The van der Waals surface area contributed by atoms with Gasteiger partial charge < -0.3 is 5.11 Å². The first-order chi connectivity index (χ1) is 6.90. The van der Waals surface area contributed by atoms with Gasteiger partial charge in [0.2, 0.25) is 0 Å². The summed E-state index contributed by atoms with van der Waals surface area (Å²) in [5.74, 6) is 0. The lowest BCUT2D eigenvalue weighted by molar-refractivity contribution is 0.471. The number of nitrogens with zero attached hydrogens (tertiary/aromatic N) is 1. The molecule has 0 spiro atoms. The Morgan fingerprint density at radius 3 is 3.00 bits per heavy atom. The third-order valence-corrected chi connectivity index (χ3v) is 2.11. The Bertz CT molecular complexity index is 463. The molecule has 70 valence electrons. The second kappa shape index (κ2) is 3.92. The molecule has 0 aliphatic heterocycles. The summed E-state index contributed by atoms with van der Waals surface area (Å²) in [4.78, 5) is 4.32. The molecule has 0 radical (unpaired) electrons. The van der Waals surface area contributed by atoms with E-state index in [4.69, 9.17) is 5.11 Å². The fourth-order valence-electron chi connectivity index (χ4n) is 1.42. The van der Waals surface area contributed by atoms with E-state index in [1.54, 1.807) is 6.08 Å². The van der Waals surface area contributed by atoms with Gasteiger partial charge in [-0.2, -0.15) is 0 Å². The van der Waals surface area contributed by atoms with Crippen LogP contribution in [-0.2, 0) is 6.42 Å². The van der Waals surface area contributed by atoms with E-state index in [2.05, 4.69) is 11.1 Å². The van der Waals surface area contributed by atoms with Crippen LogP contribution in [0, 0.1) is 0 Å². The number of allylic oxidation sites excluding steroid dienone is 1. The Kier molecular flexibility index (Phi) is 2.45. The molecule has 0 saturated carbocycles. The zero-order valence-corrected chi connectivity index (χ0v) is 7.72. The largest absolute Gasteiger partial charge is 0.516 e. The van der Waals surface area contributed by atoms with Gasteiger partial charge in [0.1, 0.15) is 0 Å². The molecule has 2 aromatic rings. The first-order valence-electron chi connectivity index (χ1n) is 4.53. The Morgan fingerprint density at radius 1 is 1.29 bits per heavy atom. The van der Waals surface area contributed by atoms with Crippen LogP contribution in [0.2, 0.25) is 0 Å². The maximum Gasteiger partial charge on any atom is 0.0755 e. The molecule has 2 heteroatoms. The molecule has 2 nitrogen and oxygen atoms in total. The summed E-state index contributed by atoms with van der Waals surface area (Å²) < 4.78 is 0. The maximum atomic E-state index is 8.54. The Balaban J connectivity index is 2.41. The van der Waals surface area contributed by atoms with Crippen LogP contribution in [0.5, 0.6) is 0 Å². The molecule has 0 saturated heterocycles. The second-order valence-electron chi connectivity index (χ2n) is 3.13. The smallest absolute Gasteiger partial charge is 0.0755 e. The lowest BCUT2D eigenvalue weighted by Crippen LogP contribution is -1.84. The molecule has 14 heavy (non-hydrogen) atoms. The summed E-state index contributed by atoms with van der Waals surface area (Å²) in [6, 6.07) is 10.1. The van der Waals surface area contributed by atoms with E-state index in [0.717, 1.165) is 22.7 Å². The highest BCUT2D eigenvalue weighted by Crippen LogP contribution is 2.12. The molecule has 0 aliphatic rings. The Hall–Kier alpha value is -1.83. The van der Waals surface area contributed by atoms with E-state index in [9.17, 15) is 0 Å². The molecule has 0 amide bonds. The number of pyridine rings is 1. The summed E-state index contributed by atoms with van der Waals surface area (Å²) in [5.41, 5.74) is 2.11. The molecule has 1 heterocycles. The summed E-state index contributed by atoms with van der Waals surface area (Å²) >= 11 is 0. The van der Waals surface area contributed by atoms with Crippen LogP contribution in [-0.4, -0.2) is 10.1 Å². The van der Waals surface area contributed by atoms with E-state index in [-0.39, 0.29) is 0 Å². The Morgan fingerprint density at radius 2 is 2.14 bits per heavy atom. The minimum Gasteiger partial charge on any atom is -0.516 e. The van der Waals surface area contributed by atoms with E-state index in [0.29, 0.717) is 6.42 Å². The molecule has 1 aromatic carbocycles. The van der Waals surface area contributed by atoms with Crippen LogP contribution < -0.4 is 0 Å². The van der Waals surface area contributed by atoms with Gasteiger partial charge in [-0.05, 0) is 30.2 Å². The van der Waals surface area contributed by atoms with Crippen molar-refractivity contribution in [3.8, 4) is 0 Å². The average Bonchev–Trinajstić information content (AvgIpc) is 2.26. The van der Waals surface area contributed by atoms with Crippen LogP contribution in [0.4, 0.5) is 0 Å². The zero-order valence-electron chi connectivity index (χ0n) is 7.72. The van der Waals surface area contributed by atoms with Crippen LogP contribution in [0.1, 0.15) is 5.56 Å². The molecular formula is C12H11NO. The van der Waals surface area contributed by atoms with Gasteiger partial charge in [-0.1, -0.05) is 18.2 Å². The summed E-state index contributed by atoms with van der Waals surface area (Å²) in [5, 5.41) is 9.68. The second-order valence-corrected chi connectivity index (χ2v) is 3.13. The third kappa shape index (κ3) is 1.74. The minimum absolute atomic E-state index is 0.717. The zero-order chi connectivity index (χ0) is 9.80. The molecule has 1 N–H and O–H groups in total. The summed E-state index contributed by atoms with van der Waals surface area (Å²) in [7, 11) is 0. The molecule has 2 rings (SSSR count). The fraction of sp³-hybridized carbons (Fsp3) is 0.0833. The highest BCUT2D eigenvalue weighted by Gasteiger charge is 1.94. The van der Waals surface area contributed by atoms with Crippen molar-refractivity contribution in [3.05, 3.63) is 54.4 Å². The van der Waals surface area contributed by atoms with Gasteiger partial charge in [-0.15, -0.1) is 0 Å². The fourth-order valence-corrected chi connectivity index (χ4v) is 1.42. The van der Waals surface area contributed by atoms with Gasteiger partial charge in [-0.3, -0.25) is 4.98 Å². The summed E-state index contributed by atoms with van der Waals surface area (Å²) in [6.45, 7) is 0. The van der Waals surface area contributed by atoms with Crippen molar-refractivity contribution < 1.29 is 5.11 Å². The van der Waals surface area contributed by atoms with Gasteiger partial charge in [-0.25, -0.2) is 0 Å². The number of rotatable bonds is 2. The van der Waals surface area contributed by atoms with Crippen molar-refractivity contribution in [2.45, 2.75) is 6.42 Å². The monoisotopic (exact) mass is 185 g/mol. The first kappa shape index (κ1) is 8.75. The standard InChI is InChI=1S/C12H11NO/c14-7-3-4-10-8-11-5-1-2-6-12(11)13-9-10/h1-3,5-9,14H,4H2/b7-3+. The first-order valence-corrected chi connectivity index (χ1v) is 4.53. The summed E-state index contributed by atoms with van der Waals surface area (Å²) in [6.07, 6.45) is 5.32. The highest BCUT2D eigenvalue weighted by molar-refractivity contribution is 5.78. The van der Waals surface area contributed by atoms with Crippen molar-refractivity contribution in [2.75, 3.05) is 0 Å². The highest BCUT2D eigenvalue weighted by atomic mass is 16.2. The van der Waals surface area contributed by atoms with Gasteiger partial charge in [0.05, 0.1) is 11.8 Å². The van der Waals surface area contributed by atoms with E-state index in [1.807, 2.05) is 30.5 Å². The lowest BCUT2D eigenvalue weighted by Gasteiger charge is -1.99. The van der Waals surface area contributed by atoms with Gasteiger partial charge in [0.15, 0.2) is 0 Å². The van der Waals surface area contributed by atoms with Crippen molar-refractivity contribution >= 4 is 10.9 Å². The Labute approximate surface area is 82.5 Å². The maximum absolute atomic E-state index is 8.54. The number of aliphatic hydroxyl groups is 1. The number of para-hydroxylation sites is 1. The third-order valence-electron chi connectivity index (χ3n) is 2.11. The van der Waals surface area contributed by atoms with Crippen molar-refractivity contribution in [1.29, 1.82) is 0 Å². The number of benzene rings is 1. The van der Waals surface area contributed by atoms with Crippen molar-refractivity contribution in [3.63, 3.8) is 0 Å². The molecular weight excluding hydrogens is 174 g/mol. The molecule has 0 aliphatic carbocycles. The topological polar surface area (TPSA) is 33.1 Å². The molecule has 0 unspecified atom stereocenters. The van der Waals surface area contributed by atoms with E-state index < -0.39 is 0 Å². The molecule has 0 fully saturated rings. The van der Waals surface area contributed by atoms with Crippen LogP contribution >= 0.6 is 0 Å². The van der Waals surface area contributed by atoms with Crippen LogP contribution in [0.3, 0.4) is 0 Å². The van der Waals surface area contributed by atoms with Gasteiger partial charge >= 0.3 is 0 Å². The molecule has 1 aromatic heterocycles. The van der Waals surface area contributed by atoms with E-state index in [1.165, 1.54) is 0 Å². The van der Waals surface area contributed by atoms with Crippen LogP contribution in [0.25, 0.3) is 10.9 Å². The number of aromatic nitrogens is 1. The van der Waals surface area contributed by atoms with Crippen LogP contribution in [0.15, 0.2) is 48.9 Å². The lowest BCUT2D eigenvalue weighted by atomic mass is 10.1. The predicted molar refractivity (Wildman–Crippen MR) is 57.2 cm³/mol. The number of aliphatic hydroxyl groups excluding tert-OH is 1. The number of fused-ring (bicyclic) bond motifs is 1. The van der Waals surface area contributed by atoms with Crippen molar-refractivity contribution in [1.82, 2.24) is 4.98 Å². The van der Waals surface area contributed by atoms with Crippen molar-refractivity contribution in [2.24, 2.45) is 0 Å². The molecule has 0 atom stereocenters. The minimum atomic E-state index is 0.717. The SMILES string of the molecule is O/C=C/Cc1cnc2ccccc2c1. The average molecular weight is 185 g/mol. The quantitative estimate of drug-likeness (QED) is 0.730. The normalized spacial score (nSPS) is 11.1. The number of hydrogen-bond donors (Lipinski definition) is 1. The number of hydrogen-bond acceptors (Lipinski definition) is 2. The van der Waals surface area contributed by atoms with E-state index >= 15 is 0 Å². The van der Waals surface area contributed by atoms with Gasteiger partial charge in [0.25, 0.3) is 0 Å².